The van der Waals surface area contributed by atoms with Gasteiger partial charge in [0, 0.05) is 19.6 Å². The zero-order chi connectivity index (χ0) is 21.1. The maximum absolute atomic E-state index is 12.6. The second kappa shape index (κ2) is 12.0. The van der Waals surface area contributed by atoms with Crippen LogP contribution in [0, 0.1) is 5.92 Å². The van der Waals surface area contributed by atoms with Gasteiger partial charge in [0.2, 0.25) is 0 Å². The van der Waals surface area contributed by atoms with Crippen LogP contribution in [0.2, 0.25) is 0 Å². The molecule has 2 aromatic carbocycles. The van der Waals surface area contributed by atoms with Crippen molar-refractivity contribution in [3.8, 4) is 11.5 Å². The summed E-state index contributed by atoms with van der Waals surface area (Å²) in [5, 5.41) is 2.98. The Balaban J connectivity index is 2.05. The number of nitrogens with two attached hydrogens (primary N) is 1. The smallest absolute Gasteiger partial charge is 0.317 e. The molecule has 0 aliphatic carbocycles. The summed E-state index contributed by atoms with van der Waals surface area (Å²) in [5.41, 5.74) is 7.71. The van der Waals surface area contributed by atoms with Gasteiger partial charge in [-0.05, 0) is 42.1 Å². The molecule has 29 heavy (non-hydrogen) atoms. The van der Waals surface area contributed by atoms with E-state index in [4.69, 9.17) is 15.2 Å². The van der Waals surface area contributed by atoms with Crippen LogP contribution in [0.4, 0.5) is 4.79 Å². The standard InChI is InChI=1S/C23H33N3O3/c1-18(2)15-25-23(27)26(13-7-12-24)16-20-10-11-21(22(14-20)28-3)29-17-19-8-5-4-6-9-19/h4-6,8-11,14,18H,7,12-13,15-17,24H2,1-3H3,(H,25,27). The van der Waals surface area contributed by atoms with Gasteiger partial charge >= 0.3 is 6.03 Å². The highest BCUT2D eigenvalue weighted by atomic mass is 16.5. The molecule has 0 saturated heterocycles. The van der Waals surface area contributed by atoms with E-state index in [2.05, 4.69) is 19.2 Å². The Bertz CT molecular complexity index is 750. The van der Waals surface area contributed by atoms with E-state index in [0.717, 1.165) is 17.5 Å². The molecule has 2 rings (SSSR count). The van der Waals surface area contributed by atoms with E-state index in [0.29, 0.717) is 50.2 Å². The third kappa shape index (κ3) is 7.66. The van der Waals surface area contributed by atoms with Gasteiger partial charge in [-0.15, -0.1) is 0 Å². The minimum atomic E-state index is -0.0736. The fourth-order valence-electron chi connectivity index (χ4n) is 2.82. The van der Waals surface area contributed by atoms with Crippen molar-refractivity contribution in [3.63, 3.8) is 0 Å². The second-order valence-electron chi connectivity index (χ2n) is 7.40. The van der Waals surface area contributed by atoms with Crippen LogP contribution < -0.4 is 20.5 Å². The summed E-state index contributed by atoms with van der Waals surface area (Å²) >= 11 is 0. The first-order chi connectivity index (χ1) is 14.0. The van der Waals surface area contributed by atoms with Crippen LogP contribution in [-0.4, -0.2) is 37.7 Å². The fourth-order valence-corrected chi connectivity index (χ4v) is 2.82. The highest BCUT2D eigenvalue weighted by Gasteiger charge is 2.15. The first kappa shape index (κ1) is 22.6. The third-order valence-corrected chi connectivity index (χ3v) is 4.42. The molecule has 3 N–H and O–H groups in total. The molecule has 158 valence electrons. The largest absolute Gasteiger partial charge is 0.493 e. The van der Waals surface area contributed by atoms with Crippen molar-refractivity contribution in [1.82, 2.24) is 10.2 Å². The molecule has 0 aromatic heterocycles. The Morgan fingerprint density at radius 1 is 1.10 bits per heavy atom. The lowest BCUT2D eigenvalue weighted by molar-refractivity contribution is 0.193. The minimum absolute atomic E-state index is 0.0736. The fraction of sp³-hybridized carbons (Fsp3) is 0.435. The van der Waals surface area contributed by atoms with Crippen LogP contribution in [0.15, 0.2) is 48.5 Å². The predicted molar refractivity (Wildman–Crippen MR) is 116 cm³/mol. The van der Waals surface area contributed by atoms with E-state index in [-0.39, 0.29) is 6.03 Å². The van der Waals surface area contributed by atoms with Crippen LogP contribution in [0.25, 0.3) is 0 Å². The normalized spacial score (nSPS) is 10.7. The summed E-state index contributed by atoms with van der Waals surface area (Å²) in [7, 11) is 1.62. The van der Waals surface area contributed by atoms with Gasteiger partial charge in [0.1, 0.15) is 6.61 Å². The number of carbonyl (C=O) groups excluding carboxylic acids is 1. The van der Waals surface area contributed by atoms with Crippen LogP contribution in [-0.2, 0) is 13.2 Å². The van der Waals surface area contributed by atoms with E-state index in [1.54, 1.807) is 12.0 Å². The molecule has 0 aliphatic rings. The van der Waals surface area contributed by atoms with Crippen LogP contribution in [0.3, 0.4) is 0 Å². The van der Waals surface area contributed by atoms with Gasteiger partial charge < -0.3 is 25.4 Å². The number of ether oxygens (including phenoxy) is 2. The van der Waals surface area contributed by atoms with Crippen molar-refractivity contribution in [2.75, 3.05) is 26.7 Å². The van der Waals surface area contributed by atoms with Gasteiger partial charge in [0.15, 0.2) is 11.5 Å². The molecule has 0 heterocycles. The summed E-state index contributed by atoms with van der Waals surface area (Å²) in [6, 6.07) is 15.7. The molecule has 0 atom stereocenters. The molecular formula is C23H33N3O3. The highest BCUT2D eigenvalue weighted by Crippen LogP contribution is 2.29. The second-order valence-corrected chi connectivity index (χ2v) is 7.40. The van der Waals surface area contributed by atoms with E-state index in [1.165, 1.54) is 0 Å². The molecule has 2 aromatic rings. The van der Waals surface area contributed by atoms with Gasteiger partial charge in [0.05, 0.1) is 7.11 Å². The maximum Gasteiger partial charge on any atom is 0.317 e. The van der Waals surface area contributed by atoms with Crippen molar-refractivity contribution in [2.45, 2.75) is 33.4 Å². The van der Waals surface area contributed by atoms with Crippen molar-refractivity contribution < 1.29 is 14.3 Å². The average molecular weight is 400 g/mol. The predicted octanol–water partition coefficient (Wildman–Crippen LogP) is 3.79. The molecule has 0 saturated carbocycles. The monoisotopic (exact) mass is 399 g/mol. The number of urea groups is 1. The SMILES string of the molecule is COc1cc(CN(CCCN)C(=O)NCC(C)C)ccc1OCc1ccccc1. The van der Waals surface area contributed by atoms with Gasteiger partial charge in [-0.1, -0.05) is 50.2 Å². The van der Waals surface area contributed by atoms with Crippen molar-refractivity contribution >= 4 is 6.03 Å². The lowest BCUT2D eigenvalue weighted by atomic mass is 10.1. The highest BCUT2D eigenvalue weighted by molar-refractivity contribution is 5.74. The molecule has 0 fully saturated rings. The summed E-state index contributed by atoms with van der Waals surface area (Å²) in [4.78, 5) is 14.3. The Morgan fingerprint density at radius 2 is 1.86 bits per heavy atom. The first-order valence-electron chi connectivity index (χ1n) is 10.1. The van der Waals surface area contributed by atoms with Crippen LogP contribution >= 0.6 is 0 Å². The minimum Gasteiger partial charge on any atom is -0.493 e. The topological polar surface area (TPSA) is 76.8 Å². The number of amides is 2. The van der Waals surface area contributed by atoms with Crippen molar-refractivity contribution in [3.05, 3.63) is 59.7 Å². The Hall–Kier alpha value is -2.73. The quantitative estimate of drug-likeness (QED) is 0.603. The van der Waals surface area contributed by atoms with Gasteiger partial charge in [-0.2, -0.15) is 0 Å². The van der Waals surface area contributed by atoms with Gasteiger partial charge in [0.25, 0.3) is 0 Å². The third-order valence-electron chi connectivity index (χ3n) is 4.42. The van der Waals surface area contributed by atoms with E-state index >= 15 is 0 Å². The van der Waals surface area contributed by atoms with Crippen LogP contribution in [0.5, 0.6) is 11.5 Å². The molecule has 2 amide bonds. The van der Waals surface area contributed by atoms with E-state index < -0.39 is 0 Å². The average Bonchev–Trinajstić information content (AvgIpc) is 2.74. The molecule has 0 unspecified atom stereocenters. The van der Waals surface area contributed by atoms with Gasteiger partial charge in [-0.25, -0.2) is 4.79 Å². The summed E-state index contributed by atoms with van der Waals surface area (Å²) in [6.45, 7) is 6.90. The Labute approximate surface area is 174 Å². The summed E-state index contributed by atoms with van der Waals surface area (Å²) < 4.78 is 11.4. The molecule has 0 bridgehead atoms. The molecule has 0 aliphatic heterocycles. The Morgan fingerprint density at radius 3 is 2.52 bits per heavy atom. The number of benzene rings is 2. The first-order valence-corrected chi connectivity index (χ1v) is 10.1. The lowest BCUT2D eigenvalue weighted by Gasteiger charge is -2.24. The number of nitrogens with zero attached hydrogens (tertiary/aromatic N) is 1. The number of hydrogen-bond donors (Lipinski definition) is 2. The number of nitrogens with one attached hydrogen (secondary N) is 1. The van der Waals surface area contributed by atoms with Crippen LogP contribution in [0.1, 0.15) is 31.4 Å². The summed E-state index contributed by atoms with van der Waals surface area (Å²) in [6.07, 6.45) is 0.754. The van der Waals surface area contributed by atoms with E-state index in [9.17, 15) is 4.79 Å². The molecule has 0 spiro atoms. The van der Waals surface area contributed by atoms with Crippen molar-refractivity contribution in [2.24, 2.45) is 11.7 Å². The number of carbonyl (C=O) groups is 1. The molecular weight excluding hydrogens is 366 g/mol. The zero-order valence-electron chi connectivity index (χ0n) is 17.7. The zero-order valence-corrected chi connectivity index (χ0v) is 17.7. The molecule has 0 radical (unpaired) electrons. The van der Waals surface area contributed by atoms with Crippen molar-refractivity contribution in [1.29, 1.82) is 0 Å². The number of rotatable bonds is 11. The summed E-state index contributed by atoms with van der Waals surface area (Å²) in [5.74, 6) is 1.73. The number of hydrogen-bond acceptors (Lipinski definition) is 4. The number of methoxy groups -OCH3 is 1. The maximum atomic E-state index is 12.6. The molecule has 6 nitrogen and oxygen atoms in total. The molecule has 6 heteroatoms. The Kier molecular flexibility index (Phi) is 9.31. The van der Waals surface area contributed by atoms with Gasteiger partial charge in [-0.3, -0.25) is 0 Å². The van der Waals surface area contributed by atoms with E-state index in [1.807, 2.05) is 48.5 Å². The lowest BCUT2D eigenvalue weighted by Crippen LogP contribution is -2.41.